The van der Waals surface area contributed by atoms with Gasteiger partial charge in [-0.15, -0.1) is 0 Å². The molecule has 1 fully saturated rings. The summed E-state index contributed by atoms with van der Waals surface area (Å²) in [5, 5.41) is 54.7. The third kappa shape index (κ3) is 47.0. The lowest BCUT2D eigenvalue weighted by atomic mass is 9.99. The third-order valence-electron chi connectivity index (χ3n) is 16.4. The van der Waals surface area contributed by atoms with Gasteiger partial charge in [-0.05, 0) is 57.8 Å². The van der Waals surface area contributed by atoms with Crippen molar-refractivity contribution in [2.75, 3.05) is 13.2 Å². The molecule has 9 nitrogen and oxygen atoms in total. The molecule has 78 heavy (non-hydrogen) atoms. The van der Waals surface area contributed by atoms with Crippen LogP contribution in [0.25, 0.3) is 0 Å². The minimum Gasteiger partial charge on any atom is -0.394 e. The number of allylic oxidation sites excluding steroid dienone is 5. The van der Waals surface area contributed by atoms with Crippen molar-refractivity contribution in [2.24, 2.45) is 0 Å². The van der Waals surface area contributed by atoms with Gasteiger partial charge in [0, 0.05) is 6.42 Å². The van der Waals surface area contributed by atoms with E-state index in [0.717, 1.165) is 38.5 Å². The van der Waals surface area contributed by atoms with E-state index >= 15 is 0 Å². The second kappa shape index (κ2) is 58.6. The molecule has 0 spiro atoms. The summed E-state index contributed by atoms with van der Waals surface area (Å²) in [6.07, 6.45) is 71.1. The predicted octanol–water partition coefficient (Wildman–Crippen LogP) is 18.3. The van der Waals surface area contributed by atoms with E-state index in [1.165, 1.54) is 283 Å². The van der Waals surface area contributed by atoms with Gasteiger partial charge in [0.2, 0.25) is 5.91 Å². The second-order valence-electron chi connectivity index (χ2n) is 24.0. The van der Waals surface area contributed by atoms with Crippen LogP contribution in [0.1, 0.15) is 341 Å². The van der Waals surface area contributed by atoms with Crippen LogP contribution in [0.5, 0.6) is 0 Å². The number of ether oxygens (including phenoxy) is 2. The molecular weight excluding hydrogens is 971 g/mol. The van der Waals surface area contributed by atoms with Crippen molar-refractivity contribution in [1.29, 1.82) is 0 Å². The normalized spacial score (nSPS) is 18.8. The van der Waals surface area contributed by atoms with Crippen LogP contribution >= 0.6 is 0 Å². The first-order valence-corrected chi connectivity index (χ1v) is 34.2. The average Bonchev–Trinajstić information content (AvgIpc) is 3.45. The lowest BCUT2D eigenvalue weighted by molar-refractivity contribution is -0.302. The zero-order valence-corrected chi connectivity index (χ0v) is 51.4. The molecule has 0 radical (unpaired) electrons. The van der Waals surface area contributed by atoms with Gasteiger partial charge in [0.1, 0.15) is 24.4 Å². The smallest absolute Gasteiger partial charge is 0.220 e. The van der Waals surface area contributed by atoms with Gasteiger partial charge in [0.05, 0.1) is 25.4 Å². The Morgan fingerprint density at radius 3 is 1.08 bits per heavy atom. The highest BCUT2D eigenvalue weighted by Gasteiger charge is 2.44. The molecule has 7 atom stereocenters. The minimum atomic E-state index is -1.57. The molecule has 1 aliphatic heterocycles. The molecule has 6 N–H and O–H groups in total. The molecule has 9 heteroatoms. The fourth-order valence-electron chi connectivity index (χ4n) is 11.1. The Morgan fingerprint density at radius 1 is 0.423 bits per heavy atom. The van der Waals surface area contributed by atoms with Crippen LogP contribution in [0.3, 0.4) is 0 Å². The zero-order chi connectivity index (χ0) is 56.5. The number of hydrogen-bond acceptors (Lipinski definition) is 8. The van der Waals surface area contributed by atoms with Crippen molar-refractivity contribution < 1.29 is 39.8 Å². The van der Waals surface area contributed by atoms with Crippen LogP contribution in [-0.2, 0) is 14.3 Å². The van der Waals surface area contributed by atoms with Gasteiger partial charge in [-0.3, -0.25) is 4.79 Å². The molecule has 1 rings (SSSR count). The molecule has 0 bridgehead atoms. The monoisotopic (exact) mass is 1100 g/mol. The van der Waals surface area contributed by atoms with Crippen LogP contribution in [-0.4, -0.2) is 87.5 Å². The summed E-state index contributed by atoms with van der Waals surface area (Å²) >= 11 is 0. The molecule has 0 aromatic rings. The fraction of sp³-hybridized carbons (Fsp3) is 0.899. The molecule has 1 amide bonds. The zero-order valence-electron chi connectivity index (χ0n) is 51.4. The molecule has 0 aliphatic carbocycles. The van der Waals surface area contributed by atoms with Gasteiger partial charge >= 0.3 is 0 Å². The van der Waals surface area contributed by atoms with Crippen molar-refractivity contribution in [3.63, 3.8) is 0 Å². The standard InChI is InChI=1S/C69H131NO8/c1-3-5-7-9-11-13-15-17-19-21-23-25-27-29-31-33-34-36-38-40-42-44-46-48-50-52-54-56-58-63(72)62(61-77-69-68(76)67(75)66(74)64(60-71)78-69)70-65(73)59-57-55-53-51-49-47-45-43-41-39-37-35-32-30-28-26-24-22-20-18-16-14-12-10-8-6-4-2/h22,24,48,50,56,58,62-64,66-69,71-72,74-76H,3-21,23,25-47,49,51-55,57,59-61H2,1-2H3,(H,70,73)/b24-22-,50-48+,58-56+. The first-order valence-electron chi connectivity index (χ1n) is 34.2. The van der Waals surface area contributed by atoms with Crippen molar-refractivity contribution in [3.05, 3.63) is 36.5 Å². The maximum absolute atomic E-state index is 13.1. The lowest BCUT2D eigenvalue weighted by Crippen LogP contribution is -2.60. The molecule has 0 aromatic heterocycles. The Balaban J connectivity index is 2.16. The topological polar surface area (TPSA) is 149 Å². The number of rotatable bonds is 60. The first kappa shape index (κ1) is 74.4. The van der Waals surface area contributed by atoms with E-state index in [-0.39, 0.29) is 12.5 Å². The van der Waals surface area contributed by atoms with Gasteiger partial charge in [0.15, 0.2) is 6.29 Å². The Hall–Kier alpha value is -1.59. The number of carbonyl (C=O) groups is 1. The molecule has 0 aromatic carbocycles. The van der Waals surface area contributed by atoms with Crippen molar-refractivity contribution >= 4 is 5.91 Å². The Bertz CT molecular complexity index is 1320. The van der Waals surface area contributed by atoms with Crippen molar-refractivity contribution in [3.8, 4) is 0 Å². The number of aliphatic hydroxyl groups excluding tert-OH is 5. The number of hydrogen-bond donors (Lipinski definition) is 6. The van der Waals surface area contributed by atoms with Gasteiger partial charge in [-0.25, -0.2) is 0 Å². The number of aliphatic hydroxyl groups is 5. The summed E-state index contributed by atoms with van der Waals surface area (Å²) in [6, 6.07) is -0.822. The van der Waals surface area contributed by atoms with Crippen molar-refractivity contribution in [2.45, 2.75) is 384 Å². The maximum Gasteiger partial charge on any atom is 0.220 e. The Kier molecular flexibility index (Phi) is 55.9. The van der Waals surface area contributed by atoms with Gasteiger partial charge in [-0.2, -0.15) is 0 Å². The van der Waals surface area contributed by atoms with E-state index in [4.69, 9.17) is 9.47 Å². The maximum atomic E-state index is 13.1. The van der Waals surface area contributed by atoms with E-state index in [9.17, 15) is 30.3 Å². The molecule has 1 aliphatic rings. The SMILES string of the molecule is CCCCCCCCCC/C=C\CCCCCCCCCCCCCCCCCC(=O)NC(COC1OC(CO)C(O)C(O)C1O)C(O)/C=C/CC/C=C/CCCCCCCCCCCCCCCCCCCCCCCC. The number of carbonyl (C=O) groups excluding carboxylic acids is 1. The minimum absolute atomic E-state index is 0.181. The number of unbranched alkanes of at least 4 members (excludes halogenated alkanes) is 46. The summed E-state index contributed by atoms with van der Waals surface area (Å²) in [6.45, 7) is 3.81. The summed E-state index contributed by atoms with van der Waals surface area (Å²) in [7, 11) is 0. The summed E-state index contributed by atoms with van der Waals surface area (Å²) < 4.78 is 11.3. The highest BCUT2D eigenvalue weighted by atomic mass is 16.7. The van der Waals surface area contributed by atoms with E-state index in [0.29, 0.717) is 6.42 Å². The van der Waals surface area contributed by atoms with E-state index in [1.807, 2.05) is 6.08 Å². The largest absolute Gasteiger partial charge is 0.394 e. The quantitative estimate of drug-likeness (QED) is 0.0261. The van der Waals surface area contributed by atoms with E-state index in [2.05, 4.69) is 43.5 Å². The lowest BCUT2D eigenvalue weighted by Gasteiger charge is -2.40. The van der Waals surface area contributed by atoms with Crippen LogP contribution < -0.4 is 5.32 Å². The third-order valence-corrected chi connectivity index (χ3v) is 16.4. The van der Waals surface area contributed by atoms with Gasteiger partial charge in [-0.1, -0.05) is 314 Å². The molecule has 1 saturated heterocycles. The van der Waals surface area contributed by atoms with Crippen LogP contribution in [0.15, 0.2) is 36.5 Å². The molecule has 7 unspecified atom stereocenters. The Morgan fingerprint density at radius 2 is 0.731 bits per heavy atom. The summed E-state index contributed by atoms with van der Waals surface area (Å²) in [5.41, 5.74) is 0. The Labute approximate surface area is 482 Å². The van der Waals surface area contributed by atoms with Gasteiger partial charge < -0.3 is 40.3 Å². The van der Waals surface area contributed by atoms with E-state index in [1.54, 1.807) is 6.08 Å². The molecule has 460 valence electrons. The molecular formula is C69H131NO8. The van der Waals surface area contributed by atoms with Crippen LogP contribution in [0.2, 0.25) is 0 Å². The second-order valence-corrected chi connectivity index (χ2v) is 24.0. The number of amides is 1. The van der Waals surface area contributed by atoms with Crippen LogP contribution in [0.4, 0.5) is 0 Å². The fourth-order valence-corrected chi connectivity index (χ4v) is 11.1. The predicted molar refractivity (Wildman–Crippen MR) is 332 cm³/mol. The highest BCUT2D eigenvalue weighted by molar-refractivity contribution is 5.76. The molecule has 1 heterocycles. The molecule has 0 saturated carbocycles. The van der Waals surface area contributed by atoms with Crippen molar-refractivity contribution in [1.82, 2.24) is 5.32 Å². The van der Waals surface area contributed by atoms with Gasteiger partial charge in [0.25, 0.3) is 0 Å². The van der Waals surface area contributed by atoms with E-state index < -0.39 is 49.5 Å². The summed E-state index contributed by atoms with van der Waals surface area (Å²) in [4.78, 5) is 13.1. The van der Waals surface area contributed by atoms with Crippen LogP contribution in [0, 0.1) is 0 Å². The first-order chi connectivity index (χ1) is 38.3. The summed E-state index contributed by atoms with van der Waals surface area (Å²) in [5.74, 6) is -0.181. The average molecular weight is 1100 g/mol. The highest BCUT2D eigenvalue weighted by Crippen LogP contribution is 2.23. The number of nitrogens with one attached hydrogen (secondary N) is 1.